The number of aryl methyl sites for hydroxylation is 1. The number of amides is 2. The van der Waals surface area contributed by atoms with Crippen molar-refractivity contribution >= 4 is 74.3 Å². The molecule has 24 heteroatoms. The number of likely N-dealkylation sites (tertiary alicyclic amines) is 2. The summed E-state index contributed by atoms with van der Waals surface area (Å²) in [6.07, 6.45) is -2.59. The highest BCUT2D eigenvalue weighted by molar-refractivity contribution is 5.94. The zero-order valence-electron chi connectivity index (χ0n) is 61.8. The molecule has 2 aliphatic rings. The molecular formula is C82H92N6O18. The number of carbonyl (C=O) groups excluding carboxylic acids is 4. The number of carboxylic acid groups (broad SMARTS) is 2. The van der Waals surface area contributed by atoms with E-state index in [0.29, 0.717) is 34.7 Å². The molecular weight excluding hydrogens is 1360 g/mol. The highest BCUT2D eigenvalue weighted by Crippen LogP contribution is 2.36. The summed E-state index contributed by atoms with van der Waals surface area (Å²) in [5.74, 6) is 0.783. The van der Waals surface area contributed by atoms with Crippen LogP contribution in [-0.4, -0.2) is 160 Å². The van der Waals surface area contributed by atoms with Gasteiger partial charge in [0, 0.05) is 87.9 Å². The second kappa shape index (κ2) is 37.9. The number of H-pyrrole nitrogens is 1. The van der Waals surface area contributed by atoms with Crippen LogP contribution in [-0.2, 0) is 33.4 Å². The highest BCUT2D eigenvalue weighted by atomic mass is 16.6. The molecule has 0 spiro atoms. The van der Waals surface area contributed by atoms with Crippen molar-refractivity contribution < 1.29 is 82.0 Å². The number of carboxylic acids is 2. The number of nitrogens with zero attached hydrogens (tertiary/aromatic N) is 4. The number of hydrogen-bond donors (Lipinski definition) is 5. The predicted octanol–water partition coefficient (Wildman–Crippen LogP) is 14.4. The number of aromatic amines is 1. The number of anilines is 1. The first-order valence-electron chi connectivity index (χ1n) is 34.1. The molecule has 2 fully saturated rings. The quantitative estimate of drug-likeness (QED) is 0.0292. The number of esters is 1. The van der Waals surface area contributed by atoms with E-state index in [1.54, 1.807) is 101 Å². The number of pyridine rings is 3. The van der Waals surface area contributed by atoms with Gasteiger partial charge in [-0.05, 0) is 128 Å². The molecule has 0 unspecified atom stereocenters. The maximum Gasteiger partial charge on any atom is 0.411 e. The predicted molar refractivity (Wildman–Crippen MR) is 406 cm³/mol. The molecule has 5 heterocycles. The third-order valence-corrected chi connectivity index (χ3v) is 15.9. The molecule has 0 saturated carbocycles. The van der Waals surface area contributed by atoms with E-state index >= 15 is 0 Å². The topological polar surface area (TPSA) is 328 Å². The second-order valence-electron chi connectivity index (χ2n) is 26.5. The van der Waals surface area contributed by atoms with Crippen molar-refractivity contribution in [3.8, 4) is 62.5 Å². The first-order chi connectivity index (χ1) is 50.4. The van der Waals surface area contributed by atoms with Crippen LogP contribution in [0.4, 0.5) is 15.3 Å². The lowest BCUT2D eigenvalue weighted by Gasteiger charge is -2.26. The molecule has 4 atom stereocenters. The van der Waals surface area contributed by atoms with E-state index in [1.807, 2.05) is 140 Å². The van der Waals surface area contributed by atoms with E-state index in [9.17, 15) is 43.8 Å². The van der Waals surface area contributed by atoms with Gasteiger partial charge in [0.25, 0.3) is 0 Å². The van der Waals surface area contributed by atoms with Gasteiger partial charge in [0.05, 0.1) is 82.2 Å². The van der Waals surface area contributed by atoms with Crippen molar-refractivity contribution in [1.29, 1.82) is 0 Å². The van der Waals surface area contributed by atoms with Crippen molar-refractivity contribution in [2.45, 2.75) is 117 Å². The van der Waals surface area contributed by atoms with Gasteiger partial charge in [-0.1, -0.05) is 97.1 Å². The molecule has 0 radical (unpaired) electrons. The average Bonchev–Trinajstić information content (AvgIpc) is 1.11. The van der Waals surface area contributed by atoms with Crippen LogP contribution in [0.25, 0.3) is 66.5 Å². The Morgan fingerprint density at radius 2 is 1.01 bits per heavy atom. The van der Waals surface area contributed by atoms with Crippen LogP contribution < -0.4 is 34.8 Å². The lowest BCUT2D eigenvalue weighted by Crippen LogP contribution is -2.43. The molecule has 24 nitrogen and oxygen atoms in total. The van der Waals surface area contributed by atoms with E-state index in [-0.39, 0.29) is 43.6 Å². The van der Waals surface area contributed by atoms with Crippen LogP contribution >= 0.6 is 0 Å². The fraction of sp³-hybridized carbons (Fsp3) is 0.305. The molecule has 558 valence electrons. The maximum absolute atomic E-state index is 12.7. The molecule has 0 bridgehead atoms. The number of fused-ring (bicyclic) bond motifs is 3. The number of nitrogens with two attached hydrogens (primary N) is 1. The average molecular weight is 1450 g/mol. The summed E-state index contributed by atoms with van der Waals surface area (Å²) in [6, 6.07) is 57.5. The lowest BCUT2D eigenvalue weighted by molar-refractivity contribution is -0.145. The third kappa shape index (κ3) is 24.0. The van der Waals surface area contributed by atoms with Gasteiger partial charge in [-0.3, -0.25) is 24.2 Å². The van der Waals surface area contributed by atoms with Crippen LogP contribution in [0.1, 0.15) is 80.2 Å². The van der Waals surface area contributed by atoms with Crippen molar-refractivity contribution in [1.82, 2.24) is 24.8 Å². The number of aliphatic carboxylic acids is 2. The van der Waals surface area contributed by atoms with E-state index in [0.717, 1.165) is 72.3 Å². The van der Waals surface area contributed by atoms with Gasteiger partial charge in [-0.2, -0.15) is 0 Å². The molecule has 0 aliphatic carbocycles. The Labute approximate surface area is 615 Å². The smallest absolute Gasteiger partial charge is 0.411 e. The van der Waals surface area contributed by atoms with Gasteiger partial charge in [0.1, 0.15) is 70.3 Å². The Balaban J connectivity index is 0.000000189. The Kier molecular flexibility index (Phi) is 29.1. The number of nitrogen functional groups attached to an aromatic ring is 1. The summed E-state index contributed by atoms with van der Waals surface area (Å²) in [5.41, 5.74) is 14.0. The number of benzene rings is 7. The summed E-state index contributed by atoms with van der Waals surface area (Å²) in [4.78, 5) is 94.9. The molecule has 12 rings (SSSR count). The molecule has 2 aliphatic heterocycles. The number of hydrogen-bond acceptors (Lipinski definition) is 19. The minimum absolute atomic E-state index is 0.00583. The van der Waals surface area contributed by atoms with Crippen molar-refractivity contribution in [3.05, 3.63) is 204 Å². The highest BCUT2D eigenvalue weighted by Gasteiger charge is 2.43. The summed E-state index contributed by atoms with van der Waals surface area (Å²) in [5, 5.41) is 30.6. The third-order valence-electron chi connectivity index (χ3n) is 15.9. The van der Waals surface area contributed by atoms with Crippen molar-refractivity contribution in [2.24, 2.45) is 0 Å². The van der Waals surface area contributed by atoms with Crippen LogP contribution in [0.15, 0.2) is 193 Å². The van der Waals surface area contributed by atoms with E-state index in [1.165, 1.54) is 22.8 Å². The number of Topliss-reactive ketones (excluding diaryl/α,β-unsaturated/α-hetero) is 1. The zero-order chi connectivity index (χ0) is 77.4. The standard InChI is InChI=1S/C26H28N2O6.C17H15NO.C16H13NO2.C10H17NO5.C7H9NO.C6H10O3/c1-26(2,3)34-25(31)28-15-18(13-22(28)24(29)30)33-23-14-20(16-8-6-5-7-9-16)27-21-12-17(32-4)10-11-19(21)23;1-12-10-16(13-6-4-3-5-7-13)18-17-11-14(19-2)8-9-15(12)17;1-19-12-7-8-13-15(9-12)17-14(10-16(13)18)11-5-3-2-4-6-11;1-10(2,3)16-9(15)11-5-6(12)4-7(11)8(13)14;1-9-7-4-2-3-6(8)5-7;1-3-9-6(8)4-5(2)7/h5-12,14,18,22H,13,15H2,1-4H3,(H,29,30);3-11H,1-2H3;2-10H,1H3,(H,17,18);6-7,12H,4-5H2,1-3H3,(H,13,14);2-5H,8H2,1H3;3-4H2,1-2H3/t18-,22+;;;6-,7+;;/m1..1../s1. The molecule has 106 heavy (non-hydrogen) atoms. The summed E-state index contributed by atoms with van der Waals surface area (Å²) in [7, 11) is 6.50. The fourth-order valence-electron chi connectivity index (χ4n) is 11.0. The number of β-amino-alcohol motifs (C(OH)–C–C–N with tert-alkyl or cyclic N) is 1. The molecule has 3 aromatic heterocycles. The Morgan fingerprint density at radius 1 is 0.547 bits per heavy atom. The molecule has 2 amide bonds. The minimum atomic E-state index is -1.12. The van der Waals surface area contributed by atoms with E-state index in [2.05, 4.69) is 40.9 Å². The Morgan fingerprint density at radius 3 is 1.49 bits per heavy atom. The first kappa shape index (κ1) is 81.3. The Bertz CT molecular complexity index is 4700. The zero-order valence-corrected chi connectivity index (χ0v) is 61.8. The molecule has 7 aromatic carbocycles. The SMILES string of the molecule is CC(C)(C)OC(=O)N1C[C@H](O)C[C@H]1C(=O)O.CCOC(=O)CC(C)=O.COc1ccc2c(=O)cc(-c3ccccc3)[nH]c2c1.COc1ccc2c(C)cc(-c3ccccc3)nc2c1.COc1ccc2c(O[C@@H]3C[C@@H](C(=O)O)N(C(=O)OC(C)(C)C)C3)cc(-c3ccccc3)nc2c1.COc1cccc(N)c1. The first-order valence-corrected chi connectivity index (χ1v) is 34.1. The summed E-state index contributed by atoms with van der Waals surface area (Å²) >= 11 is 0. The second-order valence-corrected chi connectivity index (χ2v) is 26.5. The number of aliphatic hydroxyl groups is 1. The van der Waals surface area contributed by atoms with Crippen LogP contribution in [0.3, 0.4) is 0 Å². The normalized spacial score (nSPS) is 15.0. The summed E-state index contributed by atoms with van der Waals surface area (Å²) < 4.78 is 42.0. The number of ketones is 1. The van der Waals surface area contributed by atoms with Gasteiger partial charge >= 0.3 is 30.1 Å². The van der Waals surface area contributed by atoms with Gasteiger partial charge in [-0.25, -0.2) is 29.1 Å². The van der Waals surface area contributed by atoms with Gasteiger partial charge in [-0.15, -0.1) is 0 Å². The number of carbonyl (C=O) groups is 6. The van der Waals surface area contributed by atoms with Gasteiger partial charge < -0.3 is 63.9 Å². The Hall–Kier alpha value is -12.1. The van der Waals surface area contributed by atoms with E-state index in [4.69, 9.17) is 54.0 Å². The van der Waals surface area contributed by atoms with Crippen LogP contribution in [0.2, 0.25) is 0 Å². The molecule has 6 N–H and O–H groups in total. The molecule has 2 saturated heterocycles. The van der Waals surface area contributed by atoms with Crippen LogP contribution in [0, 0.1) is 6.92 Å². The van der Waals surface area contributed by atoms with Gasteiger partial charge in [0.15, 0.2) is 5.43 Å². The monoisotopic (exact) mass is 1450 g/mol. The number of nitrogens with one attached hydrogen (secondary N) is 1. The van der Waals surface area contributed by atoms with E-state index < -0.39 is 65.6 Å². The van der Waals surface area contributed by atoms with Crippen molar-refractivity contribution in [2.75, 3.05) is 53.9 Å². The fourth-order valence-corrected chi connectivity index (χ4v) is 11.0. The number of methoxy groups -OCH3 is 4. The summed E-state index contributed by atoms with van der Waals surface area (Å²) in [6.45, 7) is 16.0. The largest absolute Gasteiger partial charge is 0.497 e. The maximum atomic E-state index is 12.7. The van der Waals surface area contributed by atoms with Crippen LogP contribution in [0.5, 0.6) is 28.7 Å². The lowest BCUT2D eigenvalue weighted by atomic mass is 10.1. The number of ether oxygens (including phenoxy) is 8. The molecule has 10 aromatic rings. The van der Waals surface area contributed by atoms with Gasteiger partial charge in [0.2, 0.25) is 0 Å². The minimum Gasteiger partial charge on any atom is -0.497 e. The number of aromatic nitrogens is 3. The van der Waals surface area contributed by atoms with Crippen molar-refractivity contribution in [3.63, 3.8) is 0 Å². The number of aliphatic hydroxyl groups excluding tert-OH is 1. The number of rotatable bonds is 14.